The molecule has 9 heteroatoms. The van der Waals surface area contributed by atoms with Gasteiger partial charge < -0.3 is 20.3 Å². The maximum absolute atomic E-state index is 13.5. The monoisotopic (exact) mass is 521 g/mol. The second-order valence-electron chi connectivity index (χ2n) is 8.85. The molecule has 2 aromatic heterocycles. The van der Waals surface area contributed by atoms with Crippen LogP contribution >= 0.6 is 11.3 Å². The van der Waals surface area contributed by atoms with E-state index in [9.17, 15) is 9.59 Å². The third-order valence-corrected chi connectivity index (χ3v) is 7.25. The summed E-state index contributed by atoms with van der Waals surface area (Å²) in [5, 5.41) is 6.61. The van der Waals surface area contributed by atoms with E-state index in [1.54, 1.807) is 17.2 Å². The average Bonchev–Trinajstić information content (AvgIpc) is 3.15. The van der Waals surface area contributed by atoms with Crippen molar-refractivity contribution in [3.05, 3.63) is 108 Å². The largest absolute Gasteiger partial charge is 0.457 e. The third kappa shape index (κ3) is 4.29. The first-order valence-corrected chi connectivity index (χ1v) is 12.8. The number of carbonyl (C=O) groups excluding carboxylic acids is 2. The summed E-state index contributed by atoms with van der Waals surface area (Å²) < 4.78 is 5.96. The number of nitrogens with one attached hydrogen (secondary N) is 2. The van der Waals surface area contributed by atoms with Gasteiger partial charge in [0.1, 0.15) is 21.2 Å². The number of hydrogen-bond donors (Lipinski definition) is 2. The van der Waals surface area contributed by atoms with Crippen LogP contribution in [0.5, 0.6) is 11.5 Å². The normalized spacial score (nSPS) is 14.3. The molecular formula is C29H23N5O3S. The van der Waals surface area contributed by atoms with E-state index in [4.69, 9.17) is 4.74 Å². The van der Waals surface area contributed by atoms with Gasteiger partial charge in [0.15, 0.2) is 0 Å². The number of aryl methyl sites for hydroxylation is 1. The minimum atomic E-state index is -0.352. The van der Waals surface area contributed by atoms with Crippen molar-refractivity contribution < 1.29 is 14.3 Å². The van der Waals surface area contributed by atoms with Gasteiger partial charge in [0.2, 0.25) is 0 Å². The highest BCUT2D eigenvalue weighted by Gasteiger charge is 2.33. The Hall–Kier alpha value is -4.89. The molecule has 3 amide bonds. The van der Waals surface area contributed by atoms with E-state index in [0.29, 0.717) is 38.2 Å². The van der Waals surface area contributed by atoms with Crippen molar-refractivity contribution in [2.75, 3.05) is 17.3 Å². The summed E-state index contributed by atoms with van der Waals surface area (Å²) in [4.78, 5) is 35.8. The Morgan fingerprint density at radius 1 is 1.05 bits per heavy atom. The number of amides is 3. The van der Waals surface area contributed by atoms with Crippen molar-refractivity contribution in [1.29, 1.82) is 0 Å². The first kappa shape index (κ1) is 23.5. The van der Waals surface area contributed by atoms with Gasteiger partial charge in [-0.3, -0.25) is 9.69 Å². The van der Waals surface area contributed by atoms with Crippen LogP contribution in [0.25, 0.3) is 10.2 Å². The number of carbonyl (C=O) groups is 2. The lowest BCUT2D eigenvalue weighted by atomic mass is 10.1. The second-order valence-corrected chi connectivity index (χ2v) is 9.85. The van der Waals surface area contributed by atoms with Gasteiger partial charge in [-0.2, -0.15) is 0 Å². The summed E-state index contributed by atoms with van der Waals surface area (Å²) in [6.07, 6.45) is 10.9. The quantitative estimate of drug-likeness (QED) is 0.306. The molecule has 2 aliphatic rings. The number of pyridine rings is 1. The van der Waals surface area contributed by atoms with Crippen molar-refractivity contribution in [3.63, 3.8) is 0 Å². The van der Waals surface area contributed by atoms with Gasteiger partial charge in [-0.25, -0.2) is 9.78 Å². The summed E-state index contributed by atoms with van der Waals surface area (Å²) in [5.74, 6) is 1.10. The van der Waals surface area contributed by atoms with Crippen LogP contribution in [-0.4, -0.2) is 28.9 Å². The molecule has 2 N–H and O–H groups in total. The summed E-state index contributed by atoms with van der Waals surface area (Å²) in [7, 11) is 1.88. The number of urea groups is 1. The van der Waals surface area contributed by atoms with Crippen LogP contribution in [0.3, 0.4) is 0 Å². The molecule has 0 fully saturated rings. The first-order valence-electron chi connectivity index (χ1n) is 11.9. The number of benzene rings is 2. The molecule has 2 aromatic carbocycles. The zero-order valence-electron chi connectivity index (χ0n) is 20.6. The number of aromatic nitrogens is 1. The van der Waals surface area contributed by atoms with Gasteiger partial charge in [0.25, 0.3) is 5.91 Å². The second kappa shape index (κ2) is 9.53. The van der Waals surface area contributed by atoms with E-state index in [-0.39, 0.29) is 11.9 Å². The summed E-state index contributed by atoms with van der Waals surface area (Å²) >= 11 is 1.25. The third-order valence-electron chi connectivity index (χ3n) is 6.15. The van der Waals surface area contributed by atoms with Crippen molar-refractivity contribution in [2.24, 2.45) is 0 Å². The number of rotatable bonds is 5. The molecule has 0 aliphatic carbocycles. The molecule has 6 rings (SSSR count). The average molecular weight is 522 g/mol. The van der Waals surface area contributed by atoms with E-state index in [0.717, 1.165) is 16.7 Å². The van der Waals surface area contributed by atoms with E-state index in [1.165, 1.54) is 11.3 Å². The Labute approximate surface area is 223 Å². The van der Waals surface area contributed by atoms with E-state index >= 15 is 0 Å². The molecular weight excluding hydrogens is 498 g/mol. The Balaban J connectivity index is 1.35. The zero-order valence-corrected chi connectivity index (χ0v) is 21.5. The van der Waals surface area contributed by atoms with Crippen molar-refractivity contribution in [1.82, 2.24) is 15.2 Å². The Morgan fingerprint density at radius 2 is 1.89 bits per heavy atom. The van der Waals surface area contributed by atoms with Gasteiger partial charge in [-0.1, -0.05) is 24.3 Å². The van der Waals surface area contributed by atoms with Crippen LogP contribution < -0.4 is 20.3 Å². The number of nitrogens with zero attached hydrogens (tertiary/aromatic N) is 3. The molecule has 4 heterocycles. The van der Waals surface area contributed by atoms with Gasteiger partial charge in [-0.05, 0) is 61.0 Å². The maximum atomic E-state index is 13.5. The number of anilines is 3. The van der Waals surface area contributed by atoms with E-state index in [1.807, 2.05) is 98.0 Å². The maximum Gasteiger partial charge on any atom is 0.331 e. The molecule has 8 nitrogen and oxygen atoms in total. The number of allylic oxidation sites excluding steroid dienone is 3. The van der Waals surface area contributed by atoms with Gasteiger partial charge >= 0.3 is 6.03 Å². The van der Waals surface area contributed by atoms with Crippen LogP contribution in [0, 0.1) is 6.92 Å². The van der Waals surface area contributed by atoms with E-state index < -0.39 is 0 Å². The smallest absolute Gasteiger partial charge is 0.331 e. The summed E-state index contributed by atoms with van der Waals surface area (Å²) in [5.41, 5.74) is 3.35. The highest BCUT2D eigenvalue weighted by molar-refractivity contribution is 7.21. The van der Waals surface area contributed by atoms with Crippen LogP contribution in [0.15, 0.2) is 97.1 Å². The predicted molar refractivity (Wildman–Crippen MR) is 150 cm³/mol. The minimum Gasteiger partial charge on any atom is -0.457 e. The van der Waals surface area contributed by atoms with Crippen LogP contribution in [0.4, 0.5) is 21.9 Å². The van der Waals surface area contributed by atoms with Crippen molar-refractivity contribution in [2.45, 2.75) is 6.92 Å². The van der Waals surface area contributed by atoms with Crippen LogP contribution in [0.1, 0.15) is 15.2 Å². The molecule has 2 aliphatic heterocycles. The highest BCUT2D eigenvalue weighted by Crippen LogP contribution is 2.46. The molecule has 0 spiro atoms. The number of hydrogen-bond acceptors (Lipinski definition) is 6. The summed E-state index contributed by atoms with van der Waals surface area (Å²) in [6, 6.07) is 16.6. The lowest BCUT2D eigenvalue weighted by molar-refractivity contribution is 0.0971. The molecule has 0 unspecified atom stereocenters. The fraction of sp³-hybridized carbons (Fsp3) is 0.0690. The van der Waals surface area contributed by atoms with Crippen molar-refractivity contribution in [3.8, 4) is 11.5 Å². The molecule has 0 saturated carbocycles. The lowest BCUT2D eigenvalue weighted by Crippen LogP contribution is -2.35. The molecule has 38 heavy (non-hydrogen) atoms. The number of para-hydroxylation sites is 1. The SMILES string of the molecule is Cc1cc(Oc2ccccc2)ccc1N1C(=O)Nc2c(C(=O)NC3=CN(C)C=CC=C3)sc3nccc1c23. The van der Waals surface area contributed by atoms with E-state index in [2.05, 4.69) is 15.6 Å². The molecule has 0 saturated heterocycles. The molecule has 0 radical (unpaired) electrons. The van der Waals surface area contributed by atoms with Gasteiger partial charge in [0.05, 0.1) is 28.1 Å². The zero-order chi connectivity index (χ0) is 26.2. The Morgan fingerprint density at radius 3 is 2.71 bits per heavy atom. The fourth-order valence-electron chi connectivity index (χ4n) is 4.46. The lowest BCUT2D eigenvalue weighted by Gasteiger charge is -2.29. The number of ether oxygens (including phenoxy) is 1. The molecule has 4 aromatic rings. The highest BCUT2D eigenvalue weighted by atomic mass is 32.1. The minimum absolute atomic E-state index is 0.313. The number of thiophene rings is 1. The van der Waals surface area contributed by atoms with Gasteiger partial charge in [-0.15, -0.1) is 11.3 Å². The summed E-state index contributed by atoms with van der Waals surface area (Å²) in [6.45, 7) is 1.93. The topological polar surface area (TPSA) is 86.8 Å². The molecule has 188 valence electrons. The van der Waals surface area contributed by atoms with Crippen LogP contribution in [-0.2, 0) is 0 Å². The fourth-order valence-corrected chi connectivity index (χ4v) is 5.48. The molecule has 0 bridgehead atoms. The van der Waals surface area contributed by atoms with Crippen LogP contribution in [0.2, 0.25) is 0 Å². The Kier molecular flexibility index (Phi) is 5.89. The predicted octanol–water partition coefficient (Wildman–Crippen LogP) is 6.67. The standard InChI is InChI=1S/C29H23N5O3S/c1-18-16-21(37-20-9-4-3-5-10-20)11-12-22(18)34-23-13-14-30-28-24(23)25(32-29(34)36)26(38-28)27(35)31-19-8-6-7-15-33(2)17-19/h3-17H,1-2H3,(H,31,35)(H,32,36). The molecule has 0 atom stereocenters. The van der Waals surface area contributed by atoms with Gasteiger partial charge in [0, 0.05) is 25.6 Å². The van der Waals surface area contributed by atoms with Crippen molar-refractivity contribution >= 4 is 50.6 Å². The first-order chi connectivity index (χ1) is 18.5. The Bertz CT molecular complexity index is 1670.